The lowest BCUT2D eigenvalue weighted by Gasteiger charge is -2.26. The number of amides is 2. The van der Waals surface area contributed by atoms with E-state index < -0.39 is 9.84 Å². The van der Waals surface area contributed by atoms with Crippen LogP contribution in [0.4, 0.5) is 0 Å². The quantitative estimate of drug-likeness (QED) is 0.606. The summed E-state index contributed by atoms with van der Waals surface area (Å²) < 4.78 is 23.4. The highest BCUT2D eigenvalue weighted by Gasteiger charge is 2.29. The van der Waals surface area contributed by atoms with Crippen molar-refractivity contribution >= 4 is 33.3 Å². The van der Waals surface area contributed by atoms with Gasteiger partial charge in [0.2, 0.25) is 5.91 Å². The number of nitrogens with one attached hydrogen (secondary N) is 1. The fourth-order valence-electron chi connectivity index (χ4n) is 3.94. The smallest absolute Gasteiger partial charge is 0.251 e. The molecule has 1 heterocycles. The highest BCUT2D eigenvalue weighted by molar-refractivity contribution is 7.90. The van der Waals surface area contributed by atoms with Gasteiger partial charge in [-0.15, -0.1) is 0 Å². The average Bonchev–Trinajstić information content (AvgIpc) is 3.20. The van der Waals surface area contributed by atoms with Gasteiger partial charge < -0.3 is 16.0 Å². The topological polar surface area (TPSA) is 110 Å². The summed E-state index contributed by atoms with van der Waals surface area (Å²) >= 11 is 6.01. The maximum absolute atomic E-state index is 12.8. The summed E-state index contributed by atoms with van der Waals surface area (Å²) in [6.07, 6.45) is 3.52. The van der Waals surface area contributed by atoms with E-state index in [1.54, 1.807) is 17.0 Å². The van der Waals surface area contributed by atoms with Crippen LogP contribution >= 0.6 is 11.6 Å². The van der Waals surface area contributed by atoms with Gasteiger partial charge in [-0.1, -0.05) is 29.8 Å². The molecule has 1 fully saturated rings. The molecule has 0 spiro atoms. The molecule has 0 aromatic heterocycles. The minimum atomic E-state index is -3.40. The van der Waals surface area contributed by atoms with E-state index in [9.17, 15) is 18.0 Å². The Hall–Kier alpha value is -2.42. The Morgan fingerprint density at radius 3 is 2.69 bits per heavy atom. The van der Waals surface area contributed by atoms with Crippen molar-refractivity contribution in [3.05, 3.63) is 64.7 Å². The van der Waals surface area contributed by atoms with Crippen molar-refractivity contribution in [2.45, 2.75) is 42.7 Å². The average molecular weight is 478 g/mol. The minimum absolute atomic E-state index is 0.0321. The van der Waals surface area contributed by atoms with Gasteiger partial charge in [0.25, 0.3) is 5.91 Å². The van der Waals surface area contributed by atoms with E-state index in [2.05, 4.69) is 5.32 Å². The highest BCUT2D eigenvalue weighted by atomic mass is 35.5. The van der Waals surface area contributed by atoms with Gasteiger partial charge in [0.05, 0.1) is 4.90 Å². The van der Waals surface area contributed by atoms with Gasteiger partial charge in [0, 0.05) is 48.4 Å². The predicted octanol–water partition coefficient (Wildman–Crippen LogP) is 2.42. The van der Waals surface area contributed by atoms with Gasteiger partial charge in [-0.3, -0.25) is 9.59 Å². The van der Waals surface area contributed by atoms with Crippen LogP contribution in [0.25, 0.3) is 0 Å². The summed E-state index contributed by atoms with van der Waals surface area (Å²) in [4.78, 5) is 27.2. The van der Waals surface area contributed by atoms with E-state index >= 15 is 0 Å². The molecule has 2 amide bonds. The second-order valence-electron chi connectivity index (χ2n) is 8.19. The lowest BCUT2D eigenvalue weighted by molar-refractivity contribution is -0.132. The van der Waals surface area contributed by atoms with Gasteiger partial charge in [-0.25, -0.2) is 8.42 Å². The number of nitrogens with zero attached hydrogens (tertiary/aromatic N) is 1. The molecule has 0 saturated carbocycles. The van der Waals surface area contributed by atoms with Crippen molar-refractivity contribution in [3.63, 3.8) is 0 Å². The molecule has 1 aliphatic heterocycles. The van der Waals surface area contributed by atoms with Crippen LogP contribution in [-0.4, -0.2) is 56.6 Å². The van der Waals surface area contributed by atoms with Gasteiger partial charge >= 0.3 is 0 Å². The van der Waals surface area contributed by atoms with Gasteiger partial charge in [-0.05, 0) is 55.2 Å². The number of carbonyl (C=O) groups excluding carboxylic acids is 2. The normalized spacial score (nSPS) is 17.2. The Morgan fingerprint density at radius 2 is 1.97 bits per heavy atom. The van der Waals surface area contributed by atoms with E-state index in [0.717, 1.165) is 24.7 Å². The lowest BCUT2D eigenvalue weighted by atomic mass is 10.0. The van der Waals surface area contributed by atoms with Crippen molar-refractivity contribution in [3.8, 4) is 0 Å². The maximum Gasteiger partial charge on any atom is 0.251 e. The summed E-state index contributed by atoms with van der Waals surface area (Å²) in [5.74, 6) is -0.400. The molecular formula is C23H28ClN3O4S. The molecule has 9 heteroatoms. The molecule has 0 aliphatic carbocycles. The fraction of sp³-hybridized carbons (Fsp3) is 0.391. The fourth-order valence-corrected chi connectivity index (χ4v) is 4.82. The van der Waals surface area contributed by atoms with E-state index in [1.165, 1.54) is 18.2 Å². The summed E-state index contributed by atoms with van der Waals surface area (Å²) in [6, 6.07) is 12.9. The monoisotopic (exact) mass is 477 g/mol. The Kier molecular flexibility index (Phi) is 7.92. The summed E-state index contributed by atoms with van der Waals surface area (Å²) in [6.45, 7) is 0.935. The molecule has 7 nitrogen and oxygen atoms in total. The SMILES string of the molecule is CS(=O)(=O)c1cccc(C(=O)NC[C@@H]2CCCN2C(=O)CC(N)Cc2cccc(Cl)c2)c1. The molecule has 1 unspecified atom stereocenters. The van der Waals surface area contributed by atoms with Crippen molar-refractivity contribution in [1.82, 2.24) is 10.2 Å². The van der Waals surface area contributed by atoms with E-state index in [0.29, 0.717) is 24.5 Å². The molecule has 2 atom stereocenters. The molecule has 3 rings (SSSR count). The number of nitrogens with two attached hydrogens (primary N) is 1. The summed E-state index contributed by atoms with van der Waals surface area (Å²) in [5, 5.41) is 3.47. The van der Waals surface area contributed by atoms with Crippen LogP contribution in [0.3, 0.4) is 0 Å². The Morgan fingerprint density at radius 1 is 1.22 bits per heavy atom. The van der Waals surface area contributed by atoms with E-state index in [-0.39, 0.29) is 40.8 Å². The molecule has 0 bridgehead atoms. The first-order chi connectivity index (χ1) is 15.1. The number of rotatable bonds is 8. The van der Waals surface area contributed by atoms with Crippen LogP contribution in [0, 0.1) is 0 Å². The van der Waals surface area contributed by atoms with Crippen LogP contribution in [0.2, 0.25) is 5.02 Å². The number of hydrogen-bond donors (Lipinski definition) is 2. The van der Waals surface area contributed by atoms with Crippen LogP contribution in [0.1, 0.15) is 35.2 Å². The highest BCUT2D eigenvalue weighted by Crippen LogP contribution is 2.20. The molecule has 0 radical (unpaired) electrons. The number of halogens is 1. The molecular weight excluding hydrogens is 450 g/mol. The second-order valence-corrected chi connectivity index (χ2v) is 10.6. The third-order valence-electron chi connectivity index (χ3n) is 5.54. The van der Waals surface area contributed by atoms with E-state index in [4.69, 9.17) is 17.3 Å². The second kappa shape index (κ2) is 10.5. The molecule has 2 aromatic carbocycles. The molecule has 2 aromatic rings. The molecule has 172 valence electrons. The Bertz CT molecular complexity index is 1090. The first kappa shape index (κ1) is 24.2. The lowest BCUT2D eigenvalue weighted by Crippen LogP contribution is -2.45. The summed E-state index contributed by atoms with van der Waals surface area (Å²) in [7, 11) is -3.40. The zero-order chi connectivity index (χ0) is 23.3. The Labute approximate surface area is 193 Å². The minimum Gasteiger partial charge on any atom is -0.350 e. The number of likely N-dealkylation sites (tertiary alicyclic amines) is 1. The van der Waals surface area contributed by atoms with Crippen molar-refractivity contribution < 1.29 is 18.0 Å². The predicted molar refractivity (Wildman–Crippen MR) is 124 cm³/mol. The summed E-state index contributed by atoms with van der Waals surface area (Å²) in [5.41, 5.74) is 7.46. The molecule has 1 saturated heterocycles. The Balaban J connectivity index is 1.55. The largest absolute Gasteiger partial charge is 0.350 e. The third kappa shape index (κ3) is 6.54. The van der Waals surface area contributed by atoms with Crippen molar-refractivity contribution in [1.29, 1.82) is 0 Å². The van der Waals surface area contributed by atoms with Gasteiger partial charge in [-0.2, -0.15) is 0 Å². The number of sulfone groups is 1. The van der Waals surface area contributed by atoms with Crippen LogP contribution in [-0.2, 0) is 21.1 Å². The molecule has 3 N–H and O–H groups in total. The zero-order valence-electron chi connectivity index (χ0n) is 18.0. The first-order valence-electron chi connectivity index (χ1n) is 10.5. The zero-order valence-corrected chi connectivity index (χ0v) is 19.5. The number of benzene rings is 2. The maximum atomic E-state index is 12.8. The van der Waals surface area contributed by atoms with Crippen LogP contribution in [0.5, 0.6) is 0 Å². The van der Waals surface area contributed by atoms with Crippen LogP contribution in [0.15, 0.2) is 53.4 Å². The molecule has 1 aliphatic rings. The van der Waals surface area contributed by atoms with Crippen molar-refractivity contribution in [2.75, 3.05) is 19.3 Å². The standard InChI is InChI=1S/C23H28ClN3O4S/c1-32(30,31)21-9-3-6-17(13-21)23(29)26-15-20-8-4-10-27(20)22(28)14-19(25)12-16-5-2-7-18(24)11-16/h2-3,5-7,9,11,13,19-20H,4,8,10,12,14-15,25H2,1H3,(H,26,29)/t19?,20-/m0/s1. The number of carbonyl (C=O) groups is 2. The molecule has 32 heavy (non-hydrogen) atoms. The van der Waals surface area contributed by atoms with E-state index in [1.807, 2.05) is 18.2 Å². The van der Waals surface area contributed by atoms with Crippen molar-refractivity contribution in [2.24, 2.45) is 5.73 Å². The third-order valence-corrected chi connectivity index (χ3v) is 6.89. The first-order valence-corrected chi connectivity index (χ1v) is 12.8. The van der Waals surface area contributed by atoms with Gasteiger partial charge in [0.15, 0.2) is 9.84 Å². The number of hydrogen-bond acceptors (Lipinski definition) is 5. The van der Waals surface area contributed by atoms with Crippen LogP contribution < -0.4 is 11.1 Å². The van der Waals surface area contributed by atoms with Gasteiger partial charge in [0.1, 0.15) is 0 Å².